The molecule has 0 saturated carbocycles. The van der Waals surface area contributed by atoms with E-state index in [1.165, 1.54) is 16.1 Å². The molecule has 0 aliphatic heterocycles. The van der Waals surface area contributed by atoms with Crippen molar-refractivity contribution in [3.8, 4) is 10.6 Å². The van der Waals surface area contributed by atoms with Gasteiger partial charge in [0, 0.05) is 17.0 Å². The van der Waals surface area contributed by atoms with Gasteiger partial charge in [0.25, 0.3) is 0 Å². The predicted octanol–water partition coefficient (Wildman–Crippen LogP) is 3.87. The molecule has 1 N–H and O–H groups in total. The summed E-state index contributed by atoms with van der Waals surface area (Å²) in [6.45, 7) is 6.29. The van der Waals surface area contributed by atoms with Gasteiger partial charge in [-0.3, -0.25) is 0 Å². The van der Waals surface area contributed by atoms with Crippen LogP contribution in [0.25, 0.3) is 10.6 Å². The summed E-state index contributed by atoms with van der Waals surface area (Å²) in [5.41, 5.74) is 2.49. The van der Waals surface area contributed by atoms with Gasteiger partial charge in [-0.25, -0.2) is 4.98 Å². The lowest BCUT2D eigenvalue weighted by molar-refractivity contribution is 0.723. The van der Waals surface area contributed by atoms with Crippen molar-refractivity contribution in [2.24, 2.45) is 0 Å². The van der Waals surface area contributed by atoms with Crippen LogP contribution < -0.4 is 5.32 Å². The largest absolute Gasteiger partial charge is 0.312 e. The summed E-state index contributed by atoms with van der Waals surface area (Å²) >= 11 is 1.82. The van der Waals surface area contributed by atoms with Crippen LogP contribution in [-0.2, 0) is 13.0 Å². The Hall–Kier alpha value is -1.19. The van der Waals surface area contributed by atoms with E-state index in [-0.39, 0.29) is 0 Å². The van der Waals surface area contributed by atoms with Gasteiger partial charge in [0.1, 0.15) is 5.01 Å². The maximum Gasteiger partial charge on any atom is 0.123 e. The molecule has 1 heterocycles. The van der Waals surface area contributed by atoms with Gasteiger partial charge in [-0.05, 0) is 13.0 Å². The second-order valence-corrected chi connectivity index (χ2v) is 5.37. The van der Waals surface area contributed by atoms with Crippen LogP contribution in [0.4, 0.5) is 0 Å². The van der Waals surface area contributed by atoms with Gasteiger partial charge in [0.2, 0.25) is 0 Å². The number of hydrogen-bond donors (Lipinski definition) is 1. The molecule has 96 valence electrons. The minimum absolute atomic E-state index is 0.941. The highest BCUT2D eigenvalue weighted by Crippen LogP contribution is 2.28. The van der Waals surface area contributed by atoms with E-state index in [9.17, 15) is 0 Å². The Kier molecular flexibility index (Phi) is 4.90. The zero-order valence-electron chi connectivity index (χ0n) is 11.1. The molecule has 0 aliphatic rings. The van der Waals surface area contributed by atoms with Crippen molar-refractivity contribution >= 4 is 11.3 Å². The monoisotopic (exact) mass is 260 g/mol. The summed E-state index contributed by atoms with van der Waals surface area (Å²) in [6.07, 6.45) is 2.22. The van der Waals surface area contributed by atoms with Crippen LogP contribution in [-0.4, -0.2) is 11.5 Å². The van der Waals surface area contributed by atoms with E-state index < -0.39 is 0 Å². The Morgan fingerprint density at radius 1 is 1.17 bits per heavy atom. The van der Waals surface area contributed by atoms with Gasteiger partial charge in [0.15, 0.2) is 0 Å². The van der Waals surface area contributed by atoms with Gasteiger partial charge in [-0.15, -0.1) is 11.3 Å². The molecule has 3 heteroatoms. The molecule has 1 aromatic heterocycles. The fourth-order valence-corrected chi connectivity index (χ4v) is 2.98. The van der Waals surface area contributed by atoms with Crippen LogP contribution in [0.15, 0.2) is 30.3 Å². The van der Waals surface area contributed by atoms with Gasteiger partial charge in [0.05, 0.1) is 5.69 Å². The summed E-state index contributed by atoms with van der Waals surface area (Å²) in [5, 5.41) is 4.54. The molecule has 1 aromatic carbocycles. The van der Waals surface area contributed by atoms with Crippen LogP contribution in [0, 0.1) is 0 Å². The van der Waals surface area contributed by atoms with Crippen molar-refractivity contribution in [3.05, 3.63) is 40.9 Å². The van der Waals surface area contributed by atoms with Gasteiger partial charge < -0.3 is 5.32 Å². The van der Waals surface area contributed by atoms with E-state index in [2.05, 4.69) is 43.4 Å². The number of aryl methyl sites for hydroxylation is 1. The standard InChI is InChI=1S/C15H20N2S/c1-3-8-13-14(11-16-4-2)18-15(17-13)12-9-6-5-7-10-12/h5-7,9-10,16H,3-4,8,11H2,1-2H3. The molecule has 0 radical (unpaired) electrons. The first-order chi connectivity index (χ1) is 8.85. The van der Waals surface area contributed by atoms with Crippen LogP contribution in [0.1, 0.15) is 30.8 Å². The first-order valence-corrected chi connectivity index (χ1v) is 7.41. The lowest BCUT2D eigenvalue weighted by Gasteiger charge is -2.00. The fraction of sp³-hybridized carbons (Fsp3) is 0.400. The zero-order chi connectivity index (χ0) is 12.8. The molecule has 2 nitrogen and oxygen atoms in total. The smallest absolute Gasteiger partial charge is 0.123 e. The average molecular weight is 260 g/mol. The van der Waals surface area contributed by atoms with Crippen LogP contribution in [0.2, 0.25) is 0 Å². The van der Waals surface area contributed by atoms with E-state index in [4.69, 9.17) is 4.98 Å². The van der Waals surface area contributed by atoms with Crippen LogP contribution >= 0.6 is 11.3 Å². The van der Waals surface area contributed by atoms with E-state index in [1.807, 2.05) is 17.4 Å². The number of nitrogens with zero attached hydrogens (tertiary/aromatic N) is 1. The molecule has 0 fully saturated rings. The molecule has 0 spiro atoms. The molecular weight excluding hydrogens is 240 g/mol. The van der Waals surface area contributed by atoms with E-state index >= 15 is 0 Å². The van der Waals surface area contributed by atoms with Gasteiger partial charge >= 0.3 is 0 Å². The van der Waals surface area contributed by atoms with Crippen LogP contribution in [0.5, 0.6) is 0 Å². The number of thiazole rings is 1. The Morgan fingerprint density at radius 2 is 1.94 bits per heavy atom. The SMILES string of the molecule is CCCc1nc(-c2ccccc2)sc1CNCC. The number of aromatic nitrogens is 1. The summed E-state index contributed by atoms with van der Waals surface area (Å²) < 4.78 is 0. The minimum Gasteiger partial charge on any atom is -0.312 e. The average Bonchev–Trinajstić information content (AvgIpc) is 2.81. The predicted molar refractivity (Wildman–Crippen MR) is 78.9 cm³/mol. The molecule has 0 unspecified atom stereocenters. The maximum atomic E-state index is 4.80. The van der Waals surface area contributed by atoms with E-state index in [0.717, 1.165) is 30.9 Å². The lowest BCUT2D eigenvalue weighted by atomic mass is 10.2. The quantitative estimate of drug-likeness (QED) is 0.852. The lowest BCUT2D eigenvalue weighted by Crippen LogP contribution is -2.11. The summed E-state index contributed by atoms with van der Waals surface area (Å²) in [5.74, 6) is 0. The summed E-state index contributed by atoms with van der Waals surface area (Å²) in [6, 6.07) is 10.4. The van der Waals surface area contributed by atoms with E-state index in [0.29, 0.717) is 0 Å². The Morgan fingerprint density at radius 3 is 2.61 bits per heavy atom. The first kappa shape index (κ1) is 13.2. The van der Waals surface area contributed by atoms with Crippen molar-refractivity contribution < 1.29 is 0 Å². The zero-order valence-corrected chi connectivity index (χ0v) is 11.9. The topological polar surface area (TPSA) is 24.9 Å². The third-order valence-electron chi connectivity index (χ3n) is 2.82. The van der Waals surface area contributed by atoms with E-state index in [1.54, 1.807) is 0 Å². The molecule has 0 aliphatic carbocycles. The van der Waals surface area contributed by atoms with Crippen LogP contribution in [0.3, 0.4) is 0 Å². The number of nitrogens with one attached hydrogen (secondary N) is 1. The van der Waals surface area contributed by atoms with Crippen molar-refractivity contribution in [3.63, 3.8) is 0 Å². The highest BCUT2D eigenvalue weighted by molar-refractivity contribution is 7.15. The number of hydrogen-bond acceptors (Lipinski definition) is 3. The van der Waals surface area contributed by atoms with Crippen molar-refractivity contribution in [1.82, 2.24) is 10.3 Å². The van der Waals surface area contributed by atoms with Crippen molar-refractivity contribution in [1.29, 1.82) is 0 Å². The van der Waals surface area contributed by atoms with Crippen molar-refractivity contribution in [2.75, 3.05) is 6.54 Å². The molecule has 18 heavy (non-hydrogen) atoms. The molecule has 0 bridgehead atoms. The number of rotatable bonds is 6. The molecule has 2 rings (SSSR count). The minimum atomic E-state index is 0.941. The molecular formula is C15H20N2S. The van der Waals surface area contributed by atoms with Crippen molar-refractivity contribution in [2.45, 2.75) is 33.2 Å². The molecule has 0 saturated heterocycles. The number of benzene rings is 1. The second kappa shape index (κ2) is 6.66. The van der Waals surface area contributed by atoms with Gasteiger partial charge in [-0.2, -0.15) is 0 Å². The Balaban J connectivity index is 2.27. The highest BCUT2D eigenvalue weighted by atomic mass is 32.1. The summed E-state index contributed by atoms with van der Waals surface area (Å²) in [4.78, 5) is 6.19. The fourth-order valence-electron chi connectivity index (χ4n) is 1.90. The molecule has 0 atom stereocenters. The second-order valence-electron chi connectivity index (χ2n) is 4.29. The molecule has 0 amide bonds. The Bertz CT molecular complexity index is 476. The molecule has 2 aromatic rings. The summed E-state index contributed by atoms with van der Waals surface area (Å²) in [7, 11) is 0. The third kappa shape index (κ3) is 3.18. The Labute approximate surface area is 113 Å². The first-order valence-electron chi connectivity index (χ1n) is 6.59. The highest BCUT2D eigenvalue weighted by Gasteiger charge is 2.11. The van der Waals surface area contributed by atoms with Gasteiger partial charge in [-0.1, -0.05) is 50.6 Å². The maximum absolute atomic E-state index is 4.80. The normalized spacial score (nSPS) is 10.8. The third-order valence-corrected chi connectivity index (χ3v) is 3.97.